The van der Waals surface area contributed by atoms with Crippen LogP contribution in [0.2, 0.25) is 0 Å². The molecule has 106 valence electrons. The molecule has 19 heavy (non-hydrogen) atoms. The maximum atomic E-state index is 5.82. The summed E-state index contributed by atoms with van der Waals surface area (Å²) >= 11 is 0. The Balaban J connectivity index is 1.99. The molecular weight excluding hydrogens is 232 g/mol. The summed E-state index contributed by atoms with van der Waals surface area (Å²) in [6, 6.07) is 9.06. The van der Waals surface area contributed by atoms with E-state index in [1.807, 2.05) is 0 Å². The van der Waals surface area contributed by atoms with E-state index in [-0.39, 0.29) is 0 Å². The second-order valence-electron chi connectivity index (χ2n) is 6.91. The van der Waals surface area contributed by atoms with E-state index in [0.717, 1.165) is 12.3 Å². The molecule has 2 rings (SSSR count). The smallest absolute Gasteiger partial charge is 0.0279 e. The zero-order valence-corrected chi connectivity index (χ0v) is 12.6. The van der Waals surface area contributed by atoms with Crippen LogP contribution in [0, 0.1) is 18.3 Å². The minimum atomic E-state index is 0.414. The summed E-state index contributed by atoms with van der Waals surface area (Å²) in [7, 11) is 0. The molecule has 1 aromatic carbocycles. The molecule has 1 aliphatic rings. The van der Waals surface area contributed by atoms with Crippen LogP contribution >= 0.6 is 0 Å². The van der Waals surface area contributed by atoms with Gasteiger partial charge in [-0.1, -0.05) is 38.1 Å². The Kier molecular flexibility index (Phi) is 4.64. The Hall–Kier alpha value is -0.860. The van der Waals surface area contributed by atoms with Crippen molar-refractivity contribution in [2.75, 3.05) is 0 Å². The number of rotatable bonds is 4. The molecule has 1 atom stereocenters. The summed E-state index contributed by atoms with van der Waals surface area (Å²) in [5.74, 6) is 6.54. The second-order valence-corrected chi connectivity index (χ2v) is 6.91. The summed E-state index contributed by atoms with van der Waals surface area (Å²) in [5, 5.41) is 0. The van der Waals surface area contributed by atoms with Crippen molar-refractivity contribution in [3.8, 4) is 0 Å². The first-order chi connectivity index (χ1) is 9.02. The number of nitrogens with one attached hydrogen (secondary N) is 1. The van der Waals surface area contributed by atoms with Gasteiger partial charge < -0.3 is 0 Å². The molecule has 2 heteroatoms. The van der Waals surface area contributed by atoms with Crippen molar-refractivity contribution < 1.29 is 0 Å². The number of aryl methyl sites for hydroxylation is 1. The minimum Gasteiger partial charge on any atom is -0.271 e. The quantitative estimate of drug-likeness (QED) is 0.641. The zero-order valence-electron chi connectivity index (χ0n) is 12.6. The molecule has 0 aliphatic heterocycles. The standard InChI is InChI=1S/C17H28N2/c1-13-6-4-5-7-15(13)12-16(19-18)14-8-10-17(2,3)11-9-14/h4-7,14,16,19H,8-12,18H2,1-3H3. The van der Waals surface area contributed by atoms with Crippen LogP contribution in [0.3, 0.4) is 0 Å². The lowest BCUT2D eigenvalue weighted by molar-refractivity contribution is 0.161. The Morgan fingerprint density at radius 2 is 1.89 bits per heavy atom. The maximum absolute atomic E-state index is 5.82. The van der Waals surface area contributed by atoms with Crippen molar-refractivity contribution in [2.45, 2.75) is 58.9 Å². The molecule has 1 aliphatic carbocycles. The van der Waals surface area contributed by atoms with Gasteiger partial charge in [0.15, 0.2) is 0 Å². The zero-order chi connectivity index (χ0) is 13.9. The van der Waals surface area contributed by atoms with Gasteiger partial charge in [0.1, 0.15) is 0 Å². The van der Waals surface area contributed by atoms with Crippen LogP contribution in [0.1, 0.15) is 50.7 Å². The number of nitrogens with two attached hydrogens (primary N) is 1. The van der Waals surface area contributed by atoms with Gasteiger partial charge in [-0.15, -0.1) is 0 Å². The van der Waals surface area contributed by atoms with Crippen LogP contribution in [0.25, 0.3) is 0 Å². The molecule has 1 fully saturated rings. The van der Waals surface area contributed by atoms with Crippen molar-refractivity contribution in [2.24, 2.45) is 17.2 Å². The fraction of sp³-hybridized carbons (Fsp3) is 0.647. The Morgan fingerprint density at radius 3 is 2.47 bits per heavy atom. The van der Waals surface area contributed by atoms with Gasteiger partial charge in [0.25, 0.3) is 0 Å². The van der Waals surface area contributed by atoms with Crippen LogP contribution in [0.15, 0.2) is 24.3 Å². The molecule has 1 aromatic rings. The van der Waals surface area contributed by atoms with Crippen LogP contribution in [0.5, 0.6) is 0 Å². The molecule has 0 amide bonds. The van der Waals surface area contributed by atoms with Gasteiger partial charge in [0, 0.05) is 6.04 Å². The molecule has 0 saturated heterocycles. The van der Waals surface area contributed by atoms with Crippen LogP contribution in [-0.4, -0.2) is 6.04 Å². The van der Waals surface area contributed by atoms with E-state index in [4.69, 9.17) is 5.84 Å². The number of hydrazine groups is 1. The Labute approximate surface area is 117 Å². The van der Waals surface area contributed by atoms with Gasteiger partial charge in [-0.3, -0.25) is 11.3 Å². The molecule has 0 bridgehead atoms. The first-order valence-electron chi connectivity index (χ1n) is 7.52. The van der Waals surface area contributed by atoms with Crippen LogP contribution in [-0.2, 0) is 6.42 Å². The van der Waals surface area contributed by atoms with E-state index in [1.54, 1.807) is 0 Å². The molecule has 2 nitrogen and oxygen atoms in total. The fourth-order valence-electron chi connectivity index (χ4n) is 3.26. The van der Waals surface area contributed by atoms with Crippen molar-refractivity contribution in [3.05, 3.63) is 35.4 Å². The largest absolute Gasteiger partial charge is 0.271 e. The lowest BCUT2D eigenvalue weighted by atomic mass is 9.70. The Morgan fingerprint density at radius 1 is 1.26 bits per heavy atom. The van der Waals surface area contributed by atoms with Gasteiger partial charge in [-0.05, 0) is 61.5 Å². The highest BCUT2D eigenvalue weighted by Crippen LogP contribution is 2.39. The third kappa shape index (κ3) is 3.80. The van der Waals surface area contributed by atoms with Crippen molar-refractivity contribution in [3.63, 3.8) is 0 Å². The summed E-state index contributed by atoms with van der Waals surface area (Å²) < 4.78 is 0. The summed E-state index contributed by atoms with van der Waals surface area (Å²) in [6.45, 7) is 6.96. The molecule has 0 spiro atoms. The van der Waals surface area contributed by atoms with Crippen molar-refractivity contribution in [1.29, 1.82) is 0 Å². The van der Waals surface area contributed by atoms with Crippen LogP contribution in [0.4, 0.5) is 0 Å². The SMILES string of the molecule is Cc1ccccc1CC(NN)C1CCC(C)(C)CC1. The van der Waals surface area contributed by atoms with Crippen molar-refractivity contribution >= 4 is 0 Å². The van der Waals surface area contributed by atoms with Crippen molar-refractivity contribution in [1.82, 2.24) is 5.43 Å². The summed E-state index contributed by atoms with van der Waals surface area (Å²) in [5.41, 5.74) is 6.40. The highest BCUT2D eigenvalue weighted by Gasteiger charge is 2.31. The van der Waals surface area contributed by atoms with E-state index < -0.39 is 0 Å². The topological polar surface area (TPSA) is 38.0 Å². The normalized spacial score (nSPS) is 21.3. The first kappa shape index (κ1) is 14.5. The van der Waals surface area contributed by atoms with Gasteiger partial charge in [0.2, 0.25) is 0 Å². The summed E-state index contributed by atoms with van der Waals surface area (Å²) in [4.78, 5) is 0. The first-order valence-corrected chi connectivity index (χ1v) is 7.52. The van der Waals surface area contributed by atoms with Gasteiger partial charge in [-0.2, -0.15) is 0 Å². The third-order valence-electron chi connectivity index (χ3n) is 4.87. The number of benzene rings is 1. The van der Waals surface area contributed by atoms with E-state index in [0.29, 0.717) is 11.5 Å². The van der Waals surface area contributed by atoms with E-state index >= 15 is 0 Å². The molecule has 1 saturated carbocycles. The highest BCUT2D eigenvalue weighted by atomic mass is 15.2. The minimum absolute atomic E-state index is 0.414. The average Bonchev–Trinajstić information content (AvgIpc) is 2.38. The molecule has 0 heterocycles. The lowest BCUT2D eigenvalue weighted by Gasteiger charge is -2.38. The molecule has 3 N–H and O–H groups in total. The second kappa shape index (κ2) is 6.06. The summed E-state index contributed by atoms with van der Waals surface area (Å²) in [6.07, 6.45) is 6.29. The monoisotopic (exact) mass is 260 g/mol. The van der Waals surface area contributed by atoms with E-state index in [1.165, 1.54) is 36.8 Å². The molecule has 1 unspecified atom stereocenters. The van der Waals surface area contributed by atoms with E-state index in [2.05, 4.69) is 50.5 Å². The third-order valence-corrected chi connectivity index (χ3v) is 4.87. The Bertz CT molecular complexity index is 401. The molecule has 0 radical (unpaired) electrons. The van der Waals surface area contributed by atoms with E-state index in [9.17, 15) is 0 Å². The lowest BCUT2D eigenvalue weighted by Crippen LogP contribution is -2.44. The van der Waals surface area contributed by atoms with Gasteiger partial charge >= 0.3 is 0 Å². The van der Waals surface area contributed by atoms with Crippen LogP contribution < -0.4 is 11.3 Å². The highest BCUT2D eigenvalue weighted by molar-refractivity contribution is 5.26. The predicted octanol–water partition coefficient (Wildman–Crippen LogP) is 3.59. The average molecular weight is 260 g/mol. The fourth-order valence-corrected chi connectivity index (χ4v) is 3.26. The number of hydrogen-bond donors (Lipinski definition) is 2. The number of hydrogen-bond acceptors (Lipinski definition) is 2. The maximum Gasteiger partial charge on any atom is 0.0279 e. The molecular formula is C17H28N2. The molecule has 0 aromatic heterocycles. The predicted molar refractivity (Wildman–Crippen MR) is 81.7 cm³/mol. The van der Waals surface area contributed by atoms with Gasteiger partial charge in [0.05, 0.1) is 0 Å². The van der Waals surface area contributed by atoms with Gasteiger partial charge in [-0.25, -0.2) is 0 Å².